The summed E-state index contributed by atoms with van der Waals surface area (Å²) in [7, 11) is 0. The number of Topliss-reactive ketones (excluding diaryl/α,β-unsaturated/α-hetero) is 1. The molecule has 2 aliphatic rings. The molecule has 1 N–H and O–H groups in total. The molecule has 1 aliphatic carbocycles. The Morgan fingerprint density at radius 2 is 1.71 bits per heavy atom. The van der Waals surface area contributed by atoms with Gasteiger partial charge in [-0.15, -0.1) is 0 Å². The zero-order chi connectivity index (χ0) is 15.8. The van der Waals surface area contributed by atoms with Crippen LogP contribution >= 0.6 is 0 Å². The van der Waals surface area contributed by atoms with Crippen LogP contribution in [-0.4, -0.2) is 42.4 Å². The predicted octanol–water partition coefficient (Wildman–Crippen LogP) is -0.0334. The fourth-order valence-electron chi connectivity index (χ4n) is 3.49. The van der Waals surface area contributed by atoms with E-state index in [0.717, 1.165) is 0 Å². The summed E-state index contributed by atoms with van der Waals surface area (Å²) in [5, 5.41) is 2.42. The maximum atomic E-state index is 12.4. The van der Waals surface area contributed by atoms with Crippen molar-refractivity contribution in [3.8, 4) is 0 Å². The number of hydrogen-bond acceptors (Lipinski definition) is 6. The molecule has 7 heteroatoms. The van der Waals surface area contributed by atoms with Gasteiger partial charge in [0.1, 0.15) is 0 Å². The summed E-state index contributed by atoms with van der Waals surface area (Å²) in [6, 6.07) is 0. The average molecular weight is 297 g/mol. The van der Waals surface area contributed by atoms with Crippen LogP contribution in [-0.2, 0) is 28.7 Å². The van der Waals surface area contributed by atoms with Crippen molar-refractivity contribution in [3.63, 3.8) is 0 Å². The van der Waals surface area contributed by atoms with Gasteiger partial charge in [0, 0.05) is 0 Å². The second kappa shape index (κ2) is 5.13. The van der Waals surface area contributed by atoms with E-state index in [9.17, 15) is 19.2 Å². The van der Waals surface area contributed by atoms with Crippen molar-refractivity contribution in [2.45, 2.75) is 39.2 Å². The average Bonchev–Trinajstić information content (AvgIpc) is 2.60. The van der Waals surface area contributed by atoms with Crippen molar-refractivity contribution >= 4 is 23.6 Å². The monoisotopic (exact) mass is 297 g/mol. The number of ether oxygens (including phenoxy) is 2. The summed E-state index contributed by atoms with van der Waals surface area (Å²) in [6.07, 6.45) is 0.659. The van der Waals surface area contributed by atoms with Crippen LogP contribution in [0.1, 0.15) is 33.6 Å². The molecule has 116 valence electrons. The number of carbonyl (C=O) groups is 4. The van der Waals surface area contributed by atoms with E-state index >= 15 is 0 Å². The summed E-state index contributed by atoms with van der Waals surface area (Å²) in [4.78, 5) is 48.8. The Balaban J connectivity index is 2.53. The zero-order valence-electron chi connectivity index (χ0n) is 12.4. The molecule has 1 amide bonds. The maximum absolute atomic E-state index is 12.4. The van der Waals surface area contributed by atoms with E-state index < -0.39 is 34.6 Å². The molecule has 0 aromatic rings. The van der Waals surface area contributed by atoms with Crippen LogP contribution in [0.2, 0.25) is 0 Å². The smallest absolute Gasteiger partial charge is 0.333 e. The van der Waals surface area contributed by atoms with Crippen LogP contribution in [0, 0.1) is 11.3 Å². The minimum Gasteiger partial charge on any atom is -0.465 e. The fourth-order valence-corrected chi connectivity index (χ4v) is 3.49. The Hall–Kier alpha value is -1.92. The largest absolute Gasteiger partial charge is 0.465 e. The van der Waals surface area contributed by atoms with Gasteiger partial charge in [-0.1, -0.05) is 13.3 Å². The Labute approximate surface area is 122 Å². The number of esters is 2. The lowest BCUT2D eigenvalue weighted by molar-refractivity contribution is -0.193. The highest BCUT2D eigenvalue weighted by atomic mass is 16.5. The van der Waals surface area contributed by atoms with Gasteiger partial charge in [-0.25, -0.2) is 4.79 Å². The molecule has 1 heterocycles. The molecule has 0 aromatic heterocycles. The third-order valence-corrected chi connectivity index (χ3v) is 4.46. The number of amides is 1. The normalized spacial score (nSPS) is 33.8. The van der Waals surface area contributed by atoms with Crippen LogP contribution in [0.4, 0.5) is 0 Å². The van der Waals surface area contributed by atoms with Crippen molar-refractivity contribution in [2.24, 2.45) is 11.3 Å². The highest BCUT2D eigenvalue weighted by Crippen LogP contribution is 2.60. The maximum Gasteiger partial charge on any atom is 0.333 e. The van der Waals surface area contributed by atoms with E-state index in [1.165, 1.54) is 0 Å². The van der Waals surface area contributed by atoms with Crippen molar-refractivity contribution in [2.75, 3.05) is 13.2 Å². The van der Waals surface area contributed by atoms with Crippen LogP contribution < -0.4 is 5.32 Å². The third kappa shape index (κ3) is 1.66. The molecule has 1 saturated heterocycles. The highest BCUT2D eigenvalue weighted by molar-refractivity contribution is 6.47. The second-order valence-electron chi connectivity index (χ2n) is 5.25. The summed E-state index contributed by atoms with van der Waals surface area (Å²) in [5.74, 6) is -3.72. The summed E-state index contributed by atoms with van der Waals surface area (Å²) in [5.41, 5.74) is -3.38. The van der Waals surface area contributed by atoms with Crippen LogP contribution in [0.25, 0.3) is 0 Å². The lowest BCUT2D eigenvalue weighted by atomic mass is 9.48. The van der Waals surface area contributed by atoms with E-state index in [1.54, 1.807) is 13.8 Å². The second-order valence-corrected chi connectivity index (χ2v) is 5.25. The van der Waals surface area contributed by atoms with Gasteiger partial charge >= 0.3 is 11.9 Å². The van der Waals surface area contributed by atoms with Crippen LogP contribution in [0.3, 0.4) is 0 Å². The number of nitrogens with one attached hydrogen (secondary N) is 1. The molecule has 0 unspecified atom stereocenters. The van der Waals surface area contributed by atoms with Crippen molar-refractivity contribution in [1.29, 1.82) is 0 Å². The first-order chi connectivity index (χ1) is 9.92. The molecule has 0 aromatic carbocycles. The van der Waals surface area contributed by atoms with E-state index in [4.69, 9.17) is 9.47 Å². The first kappa shape index (κ1) is 15.5. The predicted molar refractivity (Wildman–Crippen MR) is 70.0 cm³/mol. The zero-order valence-corrected chi connectivity index (χ0v) is 12.4. The summed E-state index contributed by atoms with van der Waals surface area (Å²) in [6.45, 7) is 5.22. The Morgan fingerprint density at radius 3 is 2.24 bits per heavy atom. The first-order valence-corrected chi connectivity index (χ1v) is 7.13. The number of fused-ring (bicyclic) bond motifs is 1. The quantitative estimate of drug-likeness (QED) is 0.434. The van der Waals surface area contributed by atoms with Gasteiger partial charge in [-0.05, 0) is 26.2 Å². The van der Waals surface area contributed by atoms with E-state index in [0.29, 0.717) is 6.42 Å². The van der Waals surface area contributed by atoms with Gasteiger partial charge in [0.05, 0.1) is 13.2 Å². The summed E-state index contributed by atoms with van der Waals surface area (Å²) < 4.78 is 9.97. The first-order valence-electron chi connectivity index (χ1n) is 7.13. The molecule has 0 spiro atoms. The Morgan fingerprint density at radius 1 is 1.14 bits per heavy atom. The summed E-state index contributed by atoms with van der Waals surface area (Å²) >= 11 is 0. The molecular formula is C14H19NO6. The molecular weight excluding hydrogens is 278 g/mol. The van der Waals surface area contributed by atoms with Crippen LogP contribution in [0.5, 0.6) is 0 Å². The number of ketones is 1. The fraction of sp³-hybridized carbons (Fsp3) is 0.714. The number of hydrogen-bond donors (Lipinski definition) is 1. The Bertz CT molecular complexity index is 516. The molecule has 1 saturated carbocycles. The molecule has 2 rings (SSSR count). The van der Waals surface area contributed by atoms with E-state index in [1.807, 2.05) is 6.92 Å². The van der Waals surface area contributed by atoms with E-state index in [2.05, 4.69) is 5.32 Å². The van der Waals surface area contributed by atoms with Crippen molar-refractivity contribution in [3.05, 3.63) is 0 Å². The molecule has 1 aliphatic heterocycles. The number of rotatable bonds is 5. The highest BCUT2D eigenvalue weighted by Gasteiger charge is 2.83. The minimum absolute atomic E-state index is 0.0672. The van der Waals surface area contributed by atoms with Gasteiger partial charge in [0.2, 0.25) is 5.78 Å². The van der Waals surface area contributed by atoms with Crippen LogP contribution in [0.15, 0.2) is 0 Å². The molecule has 21 heavy (non-hydrogen) atoms. The standard InChI is InChI=1S/C14H19NO6/c1-4-8-7-13(11(18)20-5-2)9(16)10(17)15-14(8,13)12(19)21-6-3/h8H,4-7H2,1-3H3,(H,15,17)/t8-,13-,14+/m1/s1. The molecule has 7 nitrogen and oxygen atoms in total. The topological polar surface area (TPSA) is 98.8 Å². The SMILES string of the molecule is CCOC(=O)[C@]12C[C@@H](CC)[C@@]1(C(=O)OCC)NC(=O)C2=O. The lowest BCUT2D eigenvalue weighted by Gasteiger charge is -2.54. The van der Waals surface area contributed by atoms with Crippen molar-refractivity contribution < 1.29 is 28.7 Å². The van der Waals surface area contributed by atoms with Gasteiger partial charge in [-0.2, -0.15) is 0 Å². The van der Waals surface area contributed by atoms with E-state index in [-0.39, 0.29) is 25.6 Å². The van der Waals surface area contributed by atoms with Gasteiger partial charge in [0.15, 0.2) is 11.0 Å². The van der Waals surface area contributed by atoms with Crippen molar-refractivity contribution in [1.82, 2.24) is 5.32 Å². The molecule has 0 radical (unpaired) electrons. The Kier molecular flexibility index (Phi) is 3.78. The van der Waals surface area contributed by atoms with Gasteiger partial charge in [0.25, 0.3) is 5.91 Å². The molecule has 3 atom stereocenters. The lowest BCUT2D eigenvalue weighted by Crippen LogP contribution is -2.75. The number of carbonyl (C=O) groups excluding carboxylic acids is 4. The molecule has 2 fully saturated rings. The molecule has 0 bridgehead atoms. The minimum atomic E-state index is -1.77. The van der Waals surface area contributed by atoms with Gasteiger partial charge < -0.3 is 14.8 Å². The van der Waals surface area contributed by atoms with Gasteiger partial charge in [-0.3, -0.25) is 14.4 Å². The third-order valence-electron chi connectivity index (χ3n) is 4.46.